The molecular formula is C14H18N2O3S. The number of nitrogens with two attached hydrogens (primary N) is 1. The van der Waals surface area contributed by atoms with Crippen LogP contribution in [0.2, 0.25) is 0 Å². The Morgan fingerprint density at radius 2 is 1.90 bits per heavy atom. The molecule has 6 heteroatoms. The molecule has 2 aliphatic rings. The second-order valence-electron chi connectivity index (χ2n) is 5.84. The fourth-order valence-electron chi connectivity index (χ4n) is 2.95. The molecule has 2 N–H and O–H groups in total. The number of carbonyl (C=O) groups excluding carboxylic acids is 1. The number of sulfonamides is 1. The van der Waals surface area contributed by atoms with Crippen molar-refractivity contribution >= 4 is 15.9 Å². The van der Waals surface area contributed by atoms with Gasteiger partial charge in [-0.05, 0) is 18.4 Å². The first-order chi connectivity index (χ1) is 9.41. The molecule has 1 aliphatic heterocycles. The van der Waals surface area contributed by atoms with E-state index in [1.54, 1.807) is 4.90 Å². The van der Waals surface area contributed by atoms with Gasteiger partial charge in [-0.2, -0.15) is 0 Å². The van der Waals surface area contributed by atoms with Gasteiger partial charge in [0.1, 0.15) is 5.25 Å². The number of amides is 1. The maximum absolute atomic E-state index is 12.0. The molecule has 1 aromatic rings. The lowest BCUT2D eigenvalue weighted by molar-refractivity contribution is -0.128. The van der Waals surface area contributed by atoms with Crippen LogP contribution < -0.4 is 5.14 Å². The van der Waals surface area contributed by atoms with Crippen molar-refractivity contribution in [3.63, 3.8) is 0 Å². The topological polar surface area (TPSA) is 80.5 Å². The third-order valence-electron chi connectivity index (χ3n) is 4.38. The number of carbonyl (C=O) groups is 1. The predicted octanol–water partition coefficient (Wildman–Crippen LogP) is 0.608. The summed E-state index contributed by atoms with van der Waals surface area (Å²) in [6.07, 6.45) is 2.10. The van der Waals surface area contributed by atoms with Crippen molar-refractivity contribution in [3.8, 4) is 0 Å². The van der Waals surface area contributed by atoms with Gasteiger partial charge >= 0.3 is 0 Å². The van der Waals surface area contributed by atoms with E-state index in [2.05, 4.69) is 12.1 Å². The average Bonchev–Trinajstić information content (AvgIpc) is 3.08. The lowest BCUT2D eigenvalue weighted by Gasteiger charge is -2.24. The van der Waals surface area contributed by atoms with Crippen molar-refractivity contribution in [1.29, 1.82) is 0 Å². The second kappa shape index (κ2) is 4.56. The van der Waals surface area contributed by atoms with Crippen LogP contribution in [0.4, 0.5) is 0 Å². The number of hydrogen-bond donors (Lipinski definition) is 1. The molecule has 0 radical (unpaired) electrons. The molecule has 1 unspecified atom stereocenters. The van der Waals surface area contributed by atoms with Gasteiger partial charge in [-0.1, -0.05) is 30.3 Å². The first-order valence-corrected chi connectivity index (χ1v) is 8.37. The minimum Gasteiger partial charge on any atom is -0.340 e. The predicted molar refractivity (Wildman–Crippen MR) is 75.4 cm³/mol. The highest BCUT2D eigenvalue weighted by Crippen LogP contribution is 2.49. The lowest BCUT2D eigenvalue weighted by atomic mass is 9.95. The Labute approximate surface area is 118 Å². The Kier molecular flexibility index (Phi) is 3.10. The molecule has 0 aromatic heterocycles. The molecule has 3 rings (SSSR count). The molecule has 5 nitrogen and oxygen atoms in total. The first kappa shape index (κ1) is 13.6. The first-order valence-electron chi connectivity index (χ1n) is 6.76. The SMILES string of the molecule is NS(=O)(=O)C1CC(=O)N(CC2(c3ccccc3)CC2)C1. The smallest absolute Gasteiger partial charge is 0.224 e. The highest BCUT2D eigenvalue weighted by Gasteiger charge is 2.48. The van der Waals surface area contributed by atoms with Crippen LogP contribution in [0, 0.1) is 0 Å². The van der Waals surface area contributed by atoms with Crippen LogP contribution in [0.5, 0.6) is 0 Å². The minimum absolute atomic E-state index is 0.0176. The molecule has 0 bridgehead atoms. The summed E-state index contributed by atoms with van der Waals surface area (Å²) in [6.45, 7) is 0.827. The van der Waals surface area contributed by atoms with Gasteiger partial charge < -0.3 is 4.90 Å². The van der Waals surface area contributed by atoms with Crippen molar-refractivity contribution in [3.05, 3.63) is 35.9 Å². The number of nitrogens with zero attached hydrogens (tertiary/aromatic N) is 1. The van der Waals surface area contributed by atoms with Crippen LogP contribution in [-0.4, -0.2) is 37.6 Å². The zero-order valence-corrected chi connectivity index (χ0v) is 12.0. The van der Waals surface area contributed by atoms with Crippen molar-refractivity contribution in [2.45, 2.75) is 29.9 Å². The Morgan fingerprint density at radius 3 is 2.40 bits per heavy atom. The highest BCUT2D eigenvalue weighted by molar-refractivity contribution is 7.89. The van der Waals surface area contributed by atoms with E-state index >= 15 is 0 Å². The summed E-state index contributed by atoms with van der Waals surface area (Å²) >= 11 is 0. The van der Waals surface area contributed by atoms with Crippen LogP contribution in [0.25, 0.3) is 0 Å². The van der Waals surface area contributed by atoms with Gasteiger partial charge in [-0.15, -0.1) is 0 Å². The standard InChI is InChI=1S/C14H18N2O3S/c15-20(18,19)12-8-13(17)16(9-12)10-14(6-7-14)11-4-2-1-3-5-11/h1-5,12H,6-10H2,(H2,15,18,19). The number of likely N-dealkylation sites (tertiary alicyclic amines) is 1. The van der Waals surface area contributed by atoms with Crippen LogP contribution in [-0.2, 0) is 20.2 Å². The summed E-state index contributed by atoms with van der Waals surface area (Å²) in [5.41, 5.74) is 1.25. The fourth-order valence-corrected chi connectivity index (χ4v) is 3.72. The summed E-state index contributed by atoms with van der Waals surface area (Å²) < 4.78 is 22.7. The van der Waals surface area contributed by atoms with Crippen molar-refractivity contribution in [1.82, 2.24) is 4.90 Å². The molecule has 1 aliphatic carbocycles. The maximum atomic E-state index is 12.0. The van der Waals surface area contributed by atoms with Gasteiger partial charge in [0.2, 0.25) is 15.9 Å². The maximum Gasteiger partial charge on any atom is 0.224 e. The molecule has 1 atom stereocenters. The van der Waals surface area contributed by atoms with E-state index in [4.69, 9.17) is 5.14 Å². The Balaban J connectivity index is 1.75. The van der Waals surface area contributed by atoms with Crippen molar-refractivity contribution in [2.24, 2.45) is 5.14 Å². The molecular weight excluding hydrogens is 276 g/mol. The van der Waals surface area contributed by atoms with E-state index in [0.29, 0.717) is 6.54 Å². The van der Waals surface area contributed by atoms with E-state index < -0.39 is 15.3 Å². The van der Waals surface area contributed by atoms with Gasteiger partial charge in [0.15, 0.2) is 0 Å². The molecule has 2 fully saturated rings. The van der Waals surface area contributed by atoms with Crippen LogP contribution in [0.15, 0.2) is 30.3 Å². The summed E-state index contributed by atoms with van der Waals surface area (Å²) in [5, 5.41) is 4.40. The van der Waals surface area contributed by atoms with Crippen LogP contribution in [0.1, 0.15) is 24.8 Å². The van der Waals surface area contributed by atoms with E-state index in [1.165, 1.54) is 5.56 Å². The Morgan fingerprint density at radius 1 is 1.25 bits per heavy atom. The third-order valence-corrected chi connectivity index (χ3v) is 5.62. The average molecular weight is 294 g/mol. The zero-order valence-electron chi connectivity index (χ0n) is 11.2. The summed E-state index contributed by atoms with van der Waals surface area (Å²) in [5.74, 6) is -0.105. The van der Waals surface area contributed by atoms with Gasteiger partial charge in [0, 0.05) is 24.9 Å². The summed E-state index contributed by atoms with van der Waals surface area (Å²) in [6, 6.07) is 10.1. The molecule has 1 aromatic carbocycles. The monoisotopic (exact) mass is 294 g/mol. The van der Waals surface area contributed by atoms with Gasteiger partial charge in [0.05, 0.1) is 0 Å². The molecule has 1 amide bonds. The Hall–Kier alpha value is -1.40. The summed E-state index contributed by atoms with van der Waals surface area (Å²) in [4.78, 5) is 13.6. The Bertz CT molecular complexity index is 623. The van der Waals surface area contributed by atoms with Crippen LogP contribution in [0.3, 0.4) is 0 Å². The van der Waals surface area contributed by atoms with E-state index in [-0.39, 0.29) is 24.3 Å². The number of primary sulfonamides is 1. The zero-order chi connectivity index (χ0) is 14.4. The van der Waals surface area contributed by atoms with Crippen molar-refractivity contribution < 1.29 is 13.2 Å². The molecule has 1 saturated carbocycles. The molecule has 0 spiro atoms. The van der Waals surface area contributed by atoms with E-state index in [9.17, 15) is 13.2 Å². The van der Waals surface area contributed by atoms with E-state index in [1.807, 2.05) is 18.2 Å². The quantitative estimate of drug-likeness (QED) is 0.883. The molecule has 1 saturated heterocycles. The number of hydrogen-bond acceptors (Lipinski definition) is 3. The van der Waals surface area contributed by atoms with Gasteiger partial charge in [-0.3, -0.25) is 4.79 Å². The molecule has 1 heterocycles. The largest absolute Gasteiger partial charge is 0.340 e. The highest BCUT2D eigenvalue weighted by atomic mass is 32.2. The molecule has 108 valence electrons. The number of benzene rings is 1. The minimum atomic E-state index is -3.63. The third kappa shape index (κ3) is 2.45. The van der Waals surface area contributed by atoms with Gasteiger partial charge in [0.25, 0.3) is 0 Å². The number of rotatable bonds is 4. The van der Waals surface area contributed by atoms with Crippen molar-refractivity contribution in [2.75, 3.05) is 13.1 Å². The van der Waals surface area contributed by atoms with Gasteiger partial charge in [-0.25, -0.2) is 13.6 Å². The fraction of sp³-hybridized carbons (Fsp3) is 0.500. The van der Waals surface area contributed by atoms with E-state index in [0.717, 1.165) is 12.8 Å². The molecule has 20 heavy (non-hydrogen) atoms. The van der Waals surface area contributed by atoms with Crippen LogP contribution >= 0.6 is 0 Å². The summed E-state index contributed by atoms with van der Waals surface area (Å²) in [7, 11) is -3.63. The second-order valence-corrected chi connectivity index (χ2v) is 7.68. The normalized spacial score (nSPS) is 24.9. The lowest BCUT2D eigenvalue weighted by Crippen LogP contribution is -2.36.